The minimum Gasteiger partial charge on any atom is -0.341 e. The number of nitrogens with zero attached hydrogens (tertiary/aromatic N) is 8. The van der Waals surface area contributed by atoms with E-state index in [1.807, 2.05) is 22.8 Å². The lowest BCUT2D eigenvalue weighted by atomic mass is 9.95. The summed E-state index contributed by atoms with van der Waals surface area (Å²) in [5.74, 6) is 1.50. The van der Waals surface area contributed by atoms with Crippen LogP contribution in [-0.4, -0.2) is 58.6 Å². The van der Waals surface area contributed by atoms with Gasteiger partial charge in [-0.2, -0.15) is 0 Å². The zero-order chi connectivity index (χ0) is 17.1. The van der Waals surface area contributed by atoms with Gasteiger partial charge in [0.25, 0.3) is 0 Å². The zero-order valence-electron chi connectivity index (χ0n) is 13.6. The van der Waals surface area contributed by atoms with Crippen LogP contribution < -0.4 is 0 Å². The number of aromatic nitrogens is 7. The summed E-state index contributed by atoms with van der Waals surface area (Å²) in [6.45, 7) is 2.40. The Labute approximate surface area is 148 Å². The molecule has 0 aromatic carbocycles. The molecule has 3 aromatic heterocycles. The fraction of sp³-hybridized carbons (Fsp3) is 0.467. The maximum absolute atomic E-state index is 12.3. The van der Waals surface area contributed by atoms with E-state index in [1.165, 1.54) is 11.0 Å². The molecule has 1 amide bonds. The van der Waals surface area contributed by atoms with Crippen LogP contribution in [0.3, 0.4) is 0 Å². The van der Waals surface area contributed by atoms with Crippen molar-refractivity contribution < 1.29 is 4.79 Å². The minimum atomic E-state index is 0.0524. The maximum Gasteiger partial charge on any atom is 0.244 e. The van der Waals surface area contributed by atoms with Crippen molar-refractivity contribution in [3.63, 3.8) is 0 Å². The van der Waals surface area contributed by atoms with Crippen molar-refractivity contribution in [2.45, 2.75) is 31.8 Å². The van der Waals surface area contributed by atoms with Crippen LogP contribution in [-0.2, 0) is 17.9 Å². The Morgan fingerprint density at radius 3 is 2.88 bits per heavy atom. The van der Waals surface area contributed by atoms with Crippen molar-refractivity contribution >= 4 is 17.2 Å². The van der Waals surface area contributed by atoms with Crippen LogP contribution in [0.4, 0.5) is 0 Å². The summed E-state index contributed by atoms with van der Waals surface area (Å²) in [5.41, 5.74) is 2.90. The van der Waals surface area contributed by atoms with E-state index in [0.29, 0.717) is 5.92 Å². The Bertz CT molecular complexity index is 805. The summed E-state index contributed by atoms with van der Waals surface area (Å²) in [7, 11) is 0. The Morgan fingerprint density at radius 1 is 1.28 bits per heavy atom. The van der Waals surface area contributed by atoms with Crippen LogP contribution in [0, 0.1) is 0 Å². The van der Waals surface area contributed by atoms with E-state index < -0.39 is 0 Å². The molecule has 0 aliphatic carbocycles. The molecule has 0 bridgehead atoms. The van der Waals surface area contributed by atoms with Crippen molar-refractivity contribution in [3.8, 4) is 0 Å². The molecule has 3 aromatic rings. The van der Waals surface area contributed by atoms with Gasteiger partial charge in [-0.05, 0) is 23.3 Å². The third-order valence-electron chi connectivity index (χ3n) is 4.47. The van der Waals surface area contributed by atoms with Crippen LogP contribution in [0.25, 0.3) is 0 Å². The molecule has 4 rings (SSSR count). The summed E-state index contributed by atoms with van der Waals surface area (Å²) in [6.07, 6.45) is 7.13. The average molecular weight is 358 g/mol. The molecule has 10 heteroatoms. The van der Waals surface area contributed by atoms with Crippen LogP contribution >= 0.6 is 11.3 Å². The number of rotatable bonds is 5. The highest BCUT2D eigenvalue weighted by molar-refractivity contribution is 7.07. The van der Waals surface area contributed by atoms with Gasteiger partial charge in [-0.15, -0.1) is 16.4 Å². The normalized spacial score (nSPS) is 15.6. The standard InChI is InChI=1S/C15H18N8OS/c24-14(8-23-10-18-19-20-23)21-4-1-12(2-5-21)15-16-3-6-22(15)7-13-9-25-11-17-13/h3,6,9-12H,1-2,4-5,7-8H2. The summed E-state index contributed by atoms with van der Waals surface area (Å²) in [4.78, 5) is 23.1. The molecule has 9 nitrogen and oxygen atoms in total. The molecule has 0 unspecified atom stereocenters. The van der Waals surface area contributed by atoms with Gasteiger partial charge in [0.2, 0.25) is 5.91 Å². The molecule has 1 fully saturated rings. The molecule has 0 spiro atoms. The second-order valence-corrected chi connectivity index (χ2v) is 6.77. The van der Waals surface area contributed by atoms with Crippen molar-refractivity contribution in [2.24, 2.45) is 0 Å². The van der Waals surface area contributed by atoms with Crippen LogP contribution in [0.15, 0.2) is 29.6 Å². The molecule has 0 saturated carbocycles. The first-order chi connectivity index (χ1) is 12.3. The molecule has 1 aliphatic rings. The predicted molar refractivity (Wildman–Crippen MR) is 89.8 cm³/mol. The highest BCUT2D eigenvalue weighted by atomic mass is 32.1. The van der Waals surface area contributed by atoms with Gasteiger partial charge in [0.1, 0.15) is 18.7 Å². The topological polar surface area (TPSA) is 94.6 Å². The molecule has 130 valence electrons. The molecule has 1 saturated heterocycles. The number of imidazole rings is 1. The van der Waals surface area contributed by atoms with Gasteiger partial charge in [-0.25, -0.2) is 14.6 Å². The number of tetrazole rings is 1. The van der Waals surface area contributed by atoms with E-state index in [2.05, 4.69) is 35.4 Å². The first-order valence-electron chi connectivity index (χ1n) is 8.16. The molecule has 0 radical (unpaired) electrons. The Balaban J connectivity index is 1.36. The van der Waals surface area contributed by atoms with Crippen LogP contribution in [0.1, 0.15) is 30.3 Å². The zero-order valence-corrected chi connectivity index (χ0v) is 14.4. The van der Waals surface area contributed by atoms with Gasteiger partial charge in [0.05, 0.1) is 17.7 Å². The van der Waals surface area contributed by atoms with E-state index >= 15 is 0 Å². The summed E-state index contributed by atoms with van der Waals surface area (Å²) < 4.78 is 3.62. The lowest BCUT2D eigenvalue weighted by Gasteiger charge is -2.31. The Morgan fingerprint density at radius 2 is 2.16 bits per heavy atom. The van der Waals surface area contributed by atoms with Crippen molar-refractivity contribution in [2.75, 3.05) is 13.1 Å². The van der Waals surface area contributed by atoms with Gasteiger partial charge in [0.15, 0.2) is 0 Å². The number of carbonyl (C=O) groups excluding carboxylic acids is 1. The SMILES string of the molecule is O=C(Cn1cnnn1)N1CCC(c2nccn2Cc2cscn2)CC1. The first-order valence-corrected chi connectivity index (χ1v) is 9.10. The van der Waals surface area contributed by atoms with Gasteiger partial charge < -0.3 is 9.47 Å². The van der Waals surface area contributed by atoms with Crippen molar-refractivity contribution in [1.82, 2.24) is 39.6 Å². The fourth-order valence-corrected chi connectivity index (χ4v) is 3.73. The number of hydrogen-bond donors (Lipinski definition) is 0. The third-order valence-corrected chi connectivity index (χ3v) is 5.10. The first kappa shape index (κ1) is 15.9. The third kappa shape index (κ3) is 3.58. The molecule has 0 atom stereocenters. The lowest BCUT2D eigenvalue weighted by Crippen LogP contribution is -2.40. The molecular formula is C15H18N8OS. The molecule has 0 N–H and O–H groups in total. The number of piperidine rings is 1. The molecule has 1 aliphatic heterocycles. The van der Waals surface area contributed by atoms with E-state index in [1.54, 1.807) is 11.3 Å². The van der Waals surface area contributed by atoms with E-state index in [4.69, 9.17) is 0 Å². The lowest BCUT2D eigenvalue weighted by molar-refractivity contribution is -0.133. The highest BCUT2D eigenvalue weighted by Crippen LogP contribution is 2.27. The largest absolute Gasteiger partial charge is 0.341 e. The van der Waals surface area contributed by atoms with Gasteiger partial charge in [-0.1, -0.05) is 0 Å². The van der Waals surface area contributed by atoms with Gasteiger partial charge in [0, 0.05) is 36.8 Å². The fourth-order valence-electron chi connectivity index (χ4n) is 3.18. The smallest absolute Gasteiger partial charge is 0.244 e. The quantitative estimate of drug-likeness (QED) is 0.669. The summed E-state index contributed by atoms with van der Waals surface area (Å²) in [6, 6.07) is 0. The number of amides is 1. The highest BCUT2D eigenvalue weighted by Gasteiger charge is 2.26. The predicted octanol–water partition coefficient (Wildman–Crippen LogP) is 0.781. The van der Waals surface area contributed by atoms with Gasteiger partial charge >= 0.3 is 0 Å². The second kappa shape index (κ2) is 7.09. The Hall–Kier alpha value is -2.62. The van der Waals surface area contributed by atoms with Crippen LogP contribution in [0.2, 0.25) is 0 Å². The van der Waals surface area contributed by atoms with E-state index in [-0.39, 0.29) is 12.5 Å². The Kier molecular flexibility index (Phi) is 4.51. The van der Waals surface area contributed by atoms with Crippen molar-refractivity contribution in [3.05, 3.63) is 41.1 Å². The summed E-state index contributed by atoms with van der Waals surface area (Å²) in [5, 5.41) is 12.9. The van der Waals surface area contributed by atoms with Gasteiger partial charge in [-0.3, -0.25) is 4.79 Å². The monoisotopic (exact) mass is 358 g/mol. The van der Waals surface area contributed by atoms with Crippen LogP contribution in [0.5, 0.6) is 0 Å². The second-order valence-electron chi connectivity index (χ2n) is 6.06. The number of hydrogen-bond acceptors (Lipinski definition) is 7. The van der Waals surface area contributed by atoms with E-state index in [9.17, 15) is 4.79 Å². The molecule has 25 heavy (non-hydrogen) atoms. The molecular weight excluding hydrogens is 340 g/mol. The average Bonchev–Trinajstić information content (AvgIpc) is 3.38. The maximum atomic E-state index is 12.3. The summed E-state index contributed by atoms with van der Waals surface area (Å²) >= 11 is 1.60. The molecule has 4 heterocycles. The minimum absolute atomic E-state index is 0.0524. The number of carbonyl (C=O) groups is 1. The van der Waals surface area contributed by atoms with E-state index in [0.717, 1.165) is 44.0 Å². The number of thiazole rings is 1. The van der Waals surface area contributed by atoms with Crippen molar-refractivity contribution in [1.29, 1.82) is 0 Å². The number of likely N-dealkylation sites (tertiary alicyclic amines) is 1.